The molecule has 0 spiro atoms. The molecule has 0 heterocycles. The van der Waals surface area contributed by atoms with E-state index in [-0.39, 0.29) is 17.1 Å². The zero-order valence-electron chi connectivity index (χ0n) is 6.83. The van der Waals surface area contributed by atoms with E-state index in [9.17, 15) is 0 Å². The first-order chi connectivity index (χ1) is 4.90. The molecule has 0 aromatic heterocycles. The molecule has 0 saturated heterocycles. The number of rotatable bonds is 0. The Morgan fingerprint density at radius 3 is 1.36 bits per heavy atom. The summed E-state index contributed by atoms with van der Waals surface area (Å²) in [6.45, 7) is 0. The normalized spacial score (nSPS) is 47.5. The van der Waals surface area contributed by atoms with Crippen LogP contribution < -0.4 is 0 Å². The smallest absolute Gasteiger partial charge is 0 e. The van der Waals surface area contributed by atoms with Crippen molar-refractivity contribution in [2.75, 3.05) is 0 Å². The SMILES string of the molecule is C1[C-]2CC3CC1CC(C2)C3.[Fe]. The molecule has 64 valence electrons. The molecule has 4 aliphatic rings. The van der Waals surface area contributed by atoms with E-state index in [1.807, 2.05) is 5.92 Å². The van der Waals surface area contributed by atoms with Crippen LogP contribution in [0.15, 0.2) is 0 Å². The molecule has 4 rings (SSSR count). The average molecular weight is 191 g/mol. The second kappa shape index (κ2) is 2.78. The van der Waals surface area contributed by atoms with Gasteiger partial charge < -0.3 is 5.92 Å². The summed E-state index contributed by atoms with van der Waals surface area (Å²) >= 11 is 0. The third-order valence-corrected chi connectivity index (χ3v) is 3.73. The monoisotopic (exact) mass is 191 g/mol. The summed E-state index contributed by atoms with van der Waals surface area (Å²) in [7, 11) is 0. The first-order valence-corrected chi connectivity index (χ1v) is 4.73. The maximum atomic E-state index is 1.93. The van der Waals surface area contributed by atoms with Crippen molar-refractivity contribution >= 4 is 0 Å². The summed E-state index contributed by atoms with van der Waals surface area (Å²) in [5, 5.41) is 0. The Bertz CT molecular complexity index is 96.4. The molecule has 0 radical (unpaired) electrons. The minimum Gasteiger partial charge on any atom is -0.313 e. The van der Waals surface area contributed by atoms with Crippen molar-refractivity contribution in [3.8, 4) is 0 Å². The first-order valence-electron chi connectivity index (χ1n) is 4.73. The van der Waals surface area contributed by atoms with Crippen molar-refractivity contribution in [3.05, 3.63) is 5.92 Å². The van der Waals surface area contributed by atoms with Gasteiger partial charge in [0.2, 0.25) is 0 Å². The Balaban J connectivity index is 0.000000480. The zero-order chi connectivity index (χ0) is 6.55. The summed E-state index contributed by atoms with van der Waals surface area (Å²) in [6, 6.07) is 0. The maximum absolute atomic E-state index is 1.93. The van der Waals surface area contributed by atoms with Crippen molar-refractivity contribution < 1.29 is 17.1 Å². The van der Waals surface area contributed by atoms with Gasteiger partial charge in [0.1, 0.15) is 0 Å². The van der Waals surface area contributed by atoms with Crippen molar-refractivity contribution in [2.45, 2.75) is 38.5 Å². The molecule has 4 fully saturated rings. The largest absolute Gasteiger partial charge is 0.313 e. The topological polar surface area (TPSA) is 0 Å². The molecule has 11 heavy (non-hydrogen) atoms. The van der Waals surface area contributed by atoms with Crippen LogP contribution in [-0.2, 0) is 17.1 Å². The van der Waals surface area contributed by atoms with Gasteiger partial charge in [-0.25, -0.2) is 0 Å². The third kappa shape index (κ3) is 1.27. The predicted molar refractivity (Wildman–Crippen MR) is 41.4 cm³/mol. The summed E-state index contributed by atoms with van der Waals surface area (Å²) in [5.74, 6) is 5.35. The zero-order valence-corrected chi connectivity index (χ0v) is 7.93. The van der Waals surface area contributed by atoms with E-state index in [1.54, 1.807) is 19.3 Å². The van der Waals surface area contributed by atoms with Crippen LogP contribution in [0.3, 0.4) is 0 Å². The van der Waals surface area contributed by atoms with E-state index in [1.165, 1.54) is 19.3 Å². The van der Waals surface area contributed by atoms with Crippen molar-refractivity contribution in [1.29, 1.82) is 0 Å². The molecule has 1 heteroatoms. The standard InChI is InChI=1S/C10H15.Fe/c1-7-2-9-4-8(1)5-10(3-7)6-9;/h7-9H,1-6H2;/q-1;. The molecule has 4 bridgehead atoms. The summed E-state index contributed by atoms with van der Waals surface area (Å²) in [6.07, 6.45) is 9.31. The van der Waals surface area contributed by atoms with Gasteiger partial charge in [-0.15, -0.1) is 0 Å². The van der Waals surface area contributed by atoms with Crippen LogP contribution in [0.5, 0.6) is 0 Å². The summed E-state index contributed by atoms with van der Waals surface area (Å²) < 4.78 is 0. The van der Waals surface area contributed by atoms with E-state index in [0.29, 0.717) is 0 Å². The Morgan fingerprint density at radius 2 is 1.09 bits per heavy atom. The van der Waals surface area contributed by atoms with Gasteiger partial charge in [0.15, 0.2) is 0 Å². The van der Waals surface area contributed by atoms with Crippen LogP contribution in [-0.4, -0.2) is 0 Å². The van der Waals surface area contributed by atoms with E-state index < -0.39 is 0 Å². The van der Waals surface area contributed by atoms with Crippen molar-refractivity contribution in [2.24, 2.45) is 17.8 Å². The molecule has 0 N–H and O–H groups in total. The molecule has 4 aliphatic carbocycles. The molecule has 0 amide bonds. The van der Waals surface area contributed by atoms with Gasteiger partial charge in [-0.05, 0) is 0 Å². The van der Waals surface area contributed by atoms with Crippen LogP contribution in [0, 0.1) is 23.7 Å². The fourth-order valence-corrected chi connectivity index (χ4v) is 3.68. The third-order valence-electron chi connectivity index (χ3n) is 3.73. The van der Waals surface area contributed by atoms with Gasteiger partial charge in [0, 0.05) is 17.1 Å². The fourth-order valence-electron chi connectivity index (χ4n) is 3.68. The van der Waals surface area contributed by atoms with Crippen LogP contribution in [0.4, 0.5) is 0 Å². The Labute approximate surface area is 79.6 Å². The Kier molecular flexibility index (Phi) is 2.06. The van der Waals surface area contributed by atoms with Crippen molar-refractivity contribution in [3.63, 3.8) is 0 Å². The minimum atomic E-state index is 0. The van der Waals surface area contributed by atoms with Crippen LogP contribution in [0.1, 0.15) is 38.5 Å². The van der Waals surface area contributed by atoms with Gasteiger partial charge in [-0.2, -0.15) is 19.3 Å². The van der Waals surface area contributed by atoms with Gasteiger partial charge in [0.25, 0.3) is 0 Å². The fraction of sp³-hybridized carbons (Fsp3) is 0.900. The van der Waals surface area contributed by atoms with E-state index >= 15 is 0 Å². The molecule has 4 saturated carbocycles. The Hall–Kier alpha value is 0.519. The number of hydrogen-bond acceptors (Lipinski definition) is 0. The average Bonchev–Trinajstić information content (AvgIpc) is 1.82. The molecule has 0 aromatic rings. The second-order valence-corrected chi connectivity index (χ2v) is 4.67. The molecule has 0 aliphatic heterocycles. The van der Waals surface area contributed by atoms with Crippen LogP contribution >= 0.6 is 0 Å². The molecule has 0 aromatic carbocycles. The molecular weight excluding hydrogens is 176 g/mol. The van der Waals surface area contributed by atoms with Crippen molar-refractivity contribution in [1.82, 2.24) is 0 Å². The van der Waals surface area contributed by atoms with Gasteiger partial charge in [0.05, 0.1) is 0 Å². The summed E-state index contributed by atoms with van der Waals surface area (Å²) in [4.78, 5) is 0. The Morgan fingerprint density at radius 1 is 0.727 bits per heavy atom. The van der Waals surface area contributed by atoms with Crippen LogP contribution in [0.2, 0.25) is 0 Å². The quantitative estimate of drug-likeness (QED) is 0.408. The van der Waals surface area contributed by atoms with Gasteiger partial charge in [-0.3, -0.25) is 0 Å². The summed E-state index contributed by atoms with van der Waals surface area (Å²) in [5.41, 5.74) is 0. The number of hydrogen-bond donors (Lipinski definition) is 0. The van der Waals surface area contributed by atoms with Gasteiger partial charge in [-0.1, -0.05) is 37.0 Å². The van der Waals surface area contributed by atoms with Crippen LogP contribution in [0.25, 0.3) is 0 Å². The molecular formula is C10H15Fe-. The minimum absolute atomic E-state index is 0. The predicted octanol–water partition coefficient (Wildman–Crippen LogP) is 2.79. The van der Waals surface area contributed by atoms with E-state index in [4.69, 9.17) is 0 Å². The molecule has 0 unspecified atom stereocenters. The molecule has 0 nitrogen and oxygen atoms in total. The first kappa shape index (κ1) is 8.13. The van der Waals surface area contributed by atoms with E-state index in [2.05, 4.69) is 0 Å². The second-order valence-electron chi connectivity index (χ2n) is 4.67. The van der Waals surface area contributed by atoms with Gasteiger partial charge >= 0.3 is 0 Å². The molecule has 0 atom stereocenters. The van der Waals surface area contributed by atoms with E-state index in [0.717, 1.165) is 17.8 Å². The maximum Gasteiger partial charge on any atom is 0 e.